The van der Waals surface area contributed by atoms with Crippen LogP contribution in [0.25, 0.3) is 0 Å². The number of amides is 1. The Balaban J connectivity index is 1.80. The molecule has 0 saturated carbocycles. The van der Waals surface area contributed by atoms with Crippen LogP contribution in [0.3, 0.4) is 0 Å². The van der Waals surface area contributed by atoms with Gasteiger partial charge in [-0.25, -0.2) is 14.5 Å². The smallest absolute Gasteiger partial charge is 0.410 e. The molecule has 0 atom stereocenters. The number of anilines is 1. The molecule has 7 heteroatoms. The van der Waals surface area contributed by atoms with Crippen LogP contribution in [0.15, 0.2) is 29.5 Å². The molecule has 2 N–H and O–H groups in total. The molecule has 1 amide bonds. The van der Waals surface area contributed by atoms with E-state index in [0.717, 1.165) is 22.4 Å². The largest absolute Gasteiger partial charge is 0.444 e. The van der Waals surface area contributed by atoms with Crippen LogP contribution < -0.4 is 5.73 Å². The van der Waals surface area contributed by atoms with Crippen molar-refractivity contribution in [3.8, 4) is 0 Å². The molecule has 1 aliphatic rings. The average Bonchev–Trinajstić information content (AvgIpc) is 3.06. The number of fused-ring (bicyclic) bond motifs is 1. The van der Waals surface area contributed by atoms with E-state index in [4.69, 9.17) is 10.5 Å². The average molecular weight is 341 g/mol. The fourth-order valence-corrected chi connectivity index (χ4v) is 2.75. The van der Waals surface area contributed by atoms with Crippen molar-refractivity contribution in [1.82, 2.24) is 14.6 Å². The number of nitrogen functional groups attached to an aromatic ring is 1. The Kier molecular flexibility index (Phi) is 4.24. The minimum atomic E-state index is -0.507. The summed E-state index contributed by atoms with van der Waals surface area (Å²) in [6, 6.07) is 5.95. The van der Waals surface area contributed by atoms with Crippen LogP contribution in [0.5, 0.6) is 0 Å². The summed E-state index contributed by atoms with van der Waals surface area (Å²) in [5, 5.41) is 4.37. The van der Waals surface area contributed by atoms with Gasteiger partial charge in [0.25, 0.3) is 0 Å². The third-order valence-corrected chi connectivity index (χ3v) is 3.83. The van der Waals surface area contributed by atoms with Crippen molar-refractivity contribution < 1.29 is 9.53 Å². The maximum Gasteiger partial charge on any atom is 0.410 e. The van der Waals surface area contributed by atoms with Crippen LogP contribution in [0.4, 0.5) is 10.7 Å². The maximum absolute atomic E-state index is 12.3. The fraction of sp³-hybridized carbons (Fsp3) is 0.389. The van der Waals surface area contributed by atoms with Gasteiger partial charge in [-0.15, -0.1) is 0 Å². The lowest BCUT2D eigenvalue weighted by molar-refractivity contribution is 0.0242. The fourth-order valence-electron chi connectivity index (χ4n) is 2.75. The third-order valence-electron chi connectivity index (χ3n) is 3.83. The molecule has 0 radical (unpaired) electrons. The molecule has 0 saturated heterocycles. The summed E-state index contributed by atoms with van der Waals surface area (Å²) < 4.78 is 7.00. The number of carbonyl (C=O) groups excluding carboxylic acids is 1. The molecule has 2 aromatic rings. The van der Waals surface area contributed by atoms with Crippen LogP contribution in [0.1, 0.15) is 43.2 Å². The van der Waals surface area contributed by atoms with Gasteiger partial charge in [-0.1, -0.05) is 18.2 Å². The highest BCUT2D eigenvalue weighted by atomic mass is 16.6. The summed E-state index contributed by atoms with van der Waals surface area (Å²) in [5.41, 5.74) is 9.24. The van der Waals surface area contributed by atoms with Gasteiger partial charge in [-0.2, -0.15) is 5.10 Å². The normalized spacial score (nSPS) is 14.2. The topological polar surface area (TPSA) is 85.7 Å². The Morgan fingerprint density at radius 3 is 2.76 bits per heavy atom. The van der Waals surface area contributed by atoms with Crippen molar-refractivity contribution in [3.63, 3.8) is 0 Å². The van der Waals surface area contributed by atoms with E-state index in [9.17, 15) is 4.79 Å². The summed E-state index contributed by atoms with van der Waals surface area (Å²) in [5.74, 6) is 0.344. The van der Waals surface area contributed by atoms with Crippen LogP contribution in [-0.4, -0.2) is 32.5 Å². The standard InChI is InChI=1S/C18H23N5O2/c1-12-9-23(16(19)21-12)20-8-13-6-5-7-14-10-22(11-15(13)14)17(24)25-18(2,3)4/h5-9H,10-11H2,1-4H3,(H2,19,21). The maximum atomic E-state index is 12.3. The first kappa shape index (κ1) is 17.0. The van der Waals surface area contributed by atoms with Crippen LogP contribution in [0, 0.1) is 6.92 Å². The minimum absolute atomic E-state index is 0.305. The second kappa shape index (κ2) is 6.23. The zero-order chi connectivity index (χ0) is 18.2. The number of nitrogens with zero attached hydrogens (tertiary/aromatic N) is 4. The van der Waals surface area contributed by atoms with Gasteiger partial charge >= 0.3 is 6.09 Å². The predicted molar refractivity (Wildman–Crippen MR) is 96.3 cm³/mol. The molecule has 3 rings (SSSR count). The highest BCUT2D eigenvalue weighted by molar-refractivity contribution is 5.83. The quantitative estimate of drug-likeness (QED) is 0.851. The van der Waals surface area contributed by atoms with Crippen LogP contribution >= 0.6 is 0 Å². The summed E-state index contributed by atoms with van der Waals surface area (Å²) in [4.78, 5) is 18.1. The Morgan fingerprint density at radius 1 is 1.36 bits per heavy atom. The Labute approximate surface area is 147 Å². The van der Waals surface area contributed by atoms with E-state index in [-0.39, 0.29) is 6.09 Å². The number of imidazole rings is 1. The van der Waals surface area contributed by atoms with E-state index >= 15 is 0 Å². The molecule has 132 valence electrons. The molecule has 0 unspecified atom stereocenters. The molecular weight excluding hydrogens is 318 g/mol. The second-order valence-corrected chi connectivity index (χ2v) is 7.15. The molecule has 0 fully saturated rings. The molecule has 0 aliphatic carbocycles. The summed E-state index contributed by atoms with van der Waals surface area (Å²) >= 11 is 0. The number of aryl methyl sites for hydroxylation is 1. The second-order valence-electron chi connectivity index (χ2n) is 7.15. The van der Waals surface area contributed by atoms with E-state index in [2.05, 4.69) is 10.1 Å². The van der Waals surface area contributed by atoms with E-state index in [1.165, 1.54) is 4.68 Å². The number of aromatic nitrogens is 2. The van der Waals surface area contributed by atoms with Gasteiger partial charge in [-0.3, -0.25) is 4.90 Å². The van der Waals surface area contributed by atoms with Gasteiger partial charge in [0.2, 0.25) is 5.95 Å². The number of hydrogen-bond donors (Lipinski definition) is 1. The highest BCUT2D eigenvalue weighted by Crippen LogP contribution is 2.27. The molecule has 7 nitrogen and oxygen atoms in total. The molecular formula is C18H23N5O2. The third kappa shape index (κ3) is 3.81. The Bertz CT molecular complexity index is 832. The van der Waals surface area contributed by atoms with E-state index in [1.54, 1.807) is 17.3 Å². The van der Waals surface area contributed by atoms with Crippen LogP contribution in [0.2, 0.25) is 0 Å². The Morgan fingerprint density at radius 2 is 2.12 bits per heavy atom. The molecule has 0 bridgehead atoms. The van der Waals surface area contributed by atoms with Gasteiger partial charge < -0.3 is 10.5 Å². The predicted octanol–water partition coefficient (Wildman–Crippen LogP) is 2.91. The lowest BCUT2D eigenvalue weighted by Gasteiger charge is -2.24. The number of carbonyl (C=O) groups is 1. The number of hydrogen-bond acceptors (Lipinski definition) is 5. The van der Waals surface area contributed by atoms with Crippen LogP contribution in [-0.2, 0) is 17.8 Å². The zero-order valence-corrected chi connectivity index (χ0v) is 15.0. The van der Waals surface area contributed by atoms with Gasteiger partial charge in [-0.05, 0) is 44.4 Å². The molecule has 0 spiro atoms. The highest BCUT2D eigenvalue weighted by Gasteiger charge is 2.28. The van der Waals surface area contributed by atoms with E-state index in [0.29, 0.717) is 19.0 Å². The minimum Gasteiger partial charge on any atom is -0.444 e. The van der Waals surface area contributed by atoms with Crippen molar-refractivity contribution in [1.29, 1.82) is 0 Å². The summed E-state index contributed by atoms with van der Waals surface area (Å²) in [7, 11) is 0. The van der Waals surface area contributed by atoms with Gasteiger partial charge in [0, 0.05) is 6.54 Å². The van der Waals surface area contributed by atoms with E-state index < -0.39 is 5.60 Å². The van der Waals surface area contributed by atoms with Gasteiger partial charge in [0.15, 0.2) is 0 Å². The van der Waals surface area contributed by atoms with Crippen molar-refractivity contribution in [2.75, 3.05) is 5.73 Å². The SMILES string of the molecule is Cc1cn(N=Cc2cccc3c2CN(C(=O)OC(C)(C)C)C3)c(N)n1. The van der Waals surface area contributed by atoms with Gasteiger partial charge in [0.1, 0.15) is 5.60 Å². The van der Waals surface area contributed by atoms with Gasteiger partial charge in [0.05, 0.1) is 24.7 Å². The molecule has 25 heavy (non-hydrogen) atoms. The zero-order valence-electron chi connectivity index (χ0n) is 15.0. The monoisotopic (exact) mass is 341 g/mol. The van der Waals surface area contributed by atoms with Crippen molar-refractivity contribution in [2.45, 2.75) is 46.4 Å². The first-order chi connectivity index (χ1) is 11.7. The Hall–Kier alpha value is -2.83. The summed E-state index contributed by atoms with van der Waals surface area (Å²) in [6.07, 6.45) is 3.21. The summed E-state index contributed by atoms with van der Waals surface area (Å²) in [6.45, 7) is 8.50. The van der Waals surface area contributed by atoms with Crippen molar-refractivity contribution >= 4 is 18.3 Å². The van der Waals surface area contributed by atoms with Crippen molar-refractivity contribution in [3.05, 3.63) is 46.8 Å². The lowest BCUT2D eigenvalue weighted by Crippen LogP contribution is -2.33. The molecule has 2 heterocycles. The number of ether oxygens (including phenoxy) is 1. The van der Waals surface area contributed by atoms with Crippen molar-refractivity contribution in [2.24, 2.45) is 5.10 Å². The number of benzene rings is 1. The molecule has 1 aromatic carbocycles. The first-order valence-corrected chi connectivity index (χ1v) is 8.17. The molecule has 1 aromatic heterocycles. The number of rotatable bonds is 2. The molecule has 1 aliphatic heterocycles. The number of nitrogens with two attached hydrogens (primary N) is 1. The van der Waals surface area contributed by atoms with E-state index in [1.807, 2.05) is 45.9 Å². The lowest BCUT2D eigenvalue weighted by atomic mass is 10.0. The first-order valence-electron chi connectivity index (χ1n) is 8.17.